The van der Waals surface area contributed by atoms with Gasteiger partial charge in [-0.15, -0.1) is 0 Å². The van der Waals surface area contributed by atoms with Crippen LogP contribution in [0.2, 0.25) is 0 Å². The van der Waals surface area contributed by atoms with Crippen LogP contribution in [0.1, 0.15) is 37.5 Å². The van der Waals surface area contributed by atoms with E-state index in [0.717, 1.165) is 32.6 Å². The van der Waals surface area contributed by atoms with E-state index in [9.17, 15) is 5.11 Å². The summed E-state index contributed by atoms with van der Waals surface area (Å²) >= 11 is 0. The van der Waals surface area contributed by atoms with Crippen molar-refractivity contribution in [3.8, 4) is 17.2 Å². The first-order chi connectivity index (χ1) is 16.3. The predicted molar refractivity (Wildman–Crippen MR) is 140 cm³/mol. The normalized spacial score (nSPS) is 12.4. The van der Waals surface area contributed by atoms with Gasteiger partial charge in [0.05, 0.1) is 32.7 Å². The first-order valence-corrected chi connectivity index (χ1v) is 12.5. The zero-order chi connectivity index (χ0) is 24.9. The number of hydrogen-bond donors (Lipinski definition) is 1. The Hall–Kier alpha value is -2.59. The second-order valence-electron chi connectivity index (χ2n) is 9.06. The summed E-state index contributed by atoms with van der Waals surface area (Å²) in [5.74, 6) is 1.72. The molecule has 0 aliphatic heterocycles. The number of rotatable bonds is 9. The number of phenolic OH excluding ortho intramolecular Hbond substituents is 1. The van der Waals surface area contributed by atoms with Crippen molar-refractivity contribution in [1.29, 1.82) is 0 Å². The monoisotopic (exact) mass is 482 g/mol. The van der Waals surface area contributed by atoms with E-state index >= 15 is 0 Å². The smallest absolute Gasteiger partial charge is 0.130 e. The maximum Gasteiger partial charge on any atom is 0.130 e. The molecule has 34 heavy (non-hydrogen) atoms. The Morgan fingerprint density at radius 3 is 1.68 bits per heavy atom. The van der Waals surface area contributed by atoms with E-state index in [1.807, 2.05) is 42.5 Å². The summed E-state index contributed by atoms with van der Waals surface area (Å²) < 4.78 is 22.9. The fourth-order valence-electron chi connectivity index (χ4n) is 4.20. The number of aromatic hydroxyl groups is 1. The molecule has 0 aliphatic carbocycles. The highest BCUT2D eigenvalue weighted by Crippen LogP contribution is 2.46. The van der Waals surface area contributed by atoms with Gasteiger partial charge in [0.1, 0.15) is 17.2 Å². The van der Waals surface area contributed by atoms with E-state index in [0.29, 0.717) is 30.5 Å². The van der Waals surface area contributed by atoms with E-state index in [1.54, 1.807) is 28.4 Å². The zero-order valence-electron chi connectivity index (χ0n) is 21.1. The number of hydrogen-bond acceptors (Lipinski definition) is 5. The van der Waals surface area contributed by atoms with Gasteiger partial charge in [-0.25, -0.2) is 0 Å². The van der Waals surface area contributed by atoms with E-state index in [4.69, 9.17) is 18.9 Å². The Balaban J connectivity index is 2.48. The molecule has 6 heteroatoms. The maximum atomic E-state index is 11.7. The van der Waals surface area contributed by atoms with E-state index in [1.165, 1.54) is 0 Å². The van der Waals surface area contributed by atoms with Crippen LogP contribution >= 0.6 is 7.92 Å². The van der Waals surface area contributed by atoms with Gasteiger partial charge in [-0.1, -0.05) is 63.2 Å². The summed E-state index contributed by atoms with van der Waals surface area (Å²) in [4.78, 5) is 0. The van der Waals surface area contributed by atoms with Crippen LogP contribution in [0.25, 0.3) is 0 Å². The second-order valence-corrected chi connectivity index (χ2v) is 11.1. The van der Waals surface area contributed by atoms with Gasteiger partial charge < -0.3 is 24.1 Å². The fraction of sp³-hybridized carbons (Fsp3) is 0.357. The summed E-state index contributed by atoms with van der Waals surface area (Å²) in [5.41, 5.74) is 2.74. The largest absolute Gasteiger partial charge is 0.507 e. The van der Waals surface area contributed by atoms with Gasteiger partial charge in [0.15, 0.2) is 0 Å². The summed E-state index contributed by atoms with van der Waals surface area (Å²) in [6, 6.07) is 18.0. The van der Waals surface area contributed by atoms with Crippen LogP contribution in [0, 0.1) is 0 Å². The molecule has 5 nitrogen and oxygen atoms in total. The molecule has 3 rings (SSSR count). The molecule has 3 aromatic rings. The summed E-state index contributed by atoms with van der Waals surface area (Å²) in [5, 5.41) is 14.5. The Bertz CT molecular complexity index is 1070. The molecule has 1 N–H and O–H groups in total. The molecule has 0 bridgehead atoms. The van der Waals surface area contributed by atoms with Crippen LogP contribution in [0.15, 0.2) is 54.6 Å². The van der Waals surface area contributed by atoms with Crippen molar-refractivity contribution >= 4 is 23.8 Å². The lowest BCUT2D eigenvalue weighted by atomic mass is 9.86. The first-order valence-electron chi connectivity index (χ1n) is 11.2. The van der Waals surface area contributed by atoms with Crippen molar-refractivity contribution in [2.24, 2.45) is 0 Å². The molecule has 1 unspecified atom stereocenters. The molecule has 0 radical (unpaired) electrons. The van der Waals surface area contributed by atoms with Crippen molar-refractivity contribution in [3.05, 3.63) is 71.3 Å². The highest BCUT2D eigenvalue weighted by atomic mass is 31.1. The second kappa shape index (κ2) is 11.2. The third-order valence-electron chi connectivity index (χ3n) is 5.72. The number of para-hydroxylation sites is 1. The highest BCUT2D eigenvalue weighted by Gasteiger charge is 2.32. The maximum absolute atomic E-state index is 11.7. The molecule has 0 saturated carbocycles. The van der Waals surface area contributed by atoms with Crippen molar-refractivity contribution in [3.63, 3.8) is 0 Å². The summed E-state index contributed by atoms with van der Waals surface area (Å²) in [7, 11) is 5.40. The lowest BCUT2D eigenvalue weighted by molar-refractivity contribution is 0.181. The van der Waals surface area contributed by atoms with Crippen molar-refractivity contribution in [2.45, 2.75) is 39.4 Å². The van der Waals surface area contributed by atoms with Crippen LogP contribution in [0.5, 0.6) is 17.2 Å². The van der Waals surface area contributed by atoms with E-state index in [-0.39, 0.29) is 5.41 Å². The topological polar surface area (TPSA) is 57.2 Å². The van der Waals surface area contributed by atoms with Crippen molar-refractivity contribution < 1.29 is 24.1 Å². The van der Waals surface area contributed by atoms with Gasteiger partial charge in [-0.3, -0.25) is 0 Å². The molecule has 0 amide bonds. The Kier molecular flexibility index (Phi) is 8.59. The fourth-order valence-corrected chi connectivity index (χ4v) is 7.10. The van der Waals surface area contributed by atoms with Crippen LogP contribution in [0.4, 0.5) is 0 Å². The average Bonchev–Trinajstić information content (AvgIpc) is 2.81. The van der Waals surface area contributed by atoms with Gasteiger partial charge in [-0.05, 0) is 47.5 Å². The number of ether oxygens (including phenoxy) is 4. The van der Waals surface area contributed by atoms with Crippen LogP contribution < -0.4 is 25.4 Å². The minimum atomic E-state index is -1.31. The first kappa shape index (κ1) is 26.0. The Morgan fingerprint density at radius 1 is 0.706 bits per heavy atom. The van der Waals surface area contributed by atoms with Gasteiger partial charge >= 0.3 is 0 Å². The molecule has 0 heterocycles. The molecular weight excluding hydrogens is 447 g/mol. The number of methoxy groups -OCH3 is 4. The van der Waals surface area contributed by atoms with Gasteiger partial charge in [0.2, 0.25) is 0 Å². The number of phenols is 1. The van der Waals surface area contributed by atoms with Crippen LogP contribution in [-0.4, -0.2) is 33.5 Å². The Morgan fingerprint density at radius 2 is 1.21 bits per heavy atom. The minimum absolute atomic E-state index is 0.229. The van der Waals surface area contributed by atoms with Gasteiger partial charge in [0.25, 0.3) is 0 Å². The third kappa shape index (κ3) is 5.22. The van der Waals surface area contributed by atoms with Crippen molar-refractivity contribution in [1.82, 2.24) is 0 Å². The predicted octanol–water partition coefficient (Wildman–Crippen LogP) is 4.76. The lowest BCUT2D eigenvalue weighted by Crippen LogP contribution is -2.29. The molecule has 3 aromatic carbocycles. The third-order valence-corrected chi connectivity index (χ3v) is 8.47. The molecule has 0 fully saturated rings. The highest BCUT2D eigenvalue weighted by molar-refractivity contribution is 7.80. The number of benzene rings is 3. The quantitative estimate of drug-likeness (QED) is 0.446. The van der Waals surface area contributed by atoms with Gasteiger partial charge in [-0.2, -0.15) is 0 Å². The summed E-state index contributed by atoms with van der Waals surface area (Å²) in [6.45, 7) is 7.18. The van der Waals surface area contributed by atoms with Gasteiger partial charge in [0, 0.05) is 19.5 Å². The average molecular weight is 483 g/mol. The molecule has 0 aliphatic rings. The van der Waals surface area contributed by atoms with Crippen molar-refractivity contribution in [2.75, 3.05) is 28.4 Å². The van der Waals surface area contributed by atoms with E-state index < -0.39 is 7.92 Å². The SMILES string of the molecule is COCc1cccc(COC)c1P(c1cccc(C(C)(C)C)c1O)c1c(OC)cccc1OC. The summed E-state index contributed by atoms with van der Waals surface area (Å²) in [6.07, 6.45) is 0. The zero-order valence-corrected chi connectivity index (χ0v) is 22.0. The van der Waals surface area contributed by atoms with Crippen LogP contribution in [-0.2, 0) is 28.1 Å². The molecule has 0 saturated heterocycles. The molecule has 1 atom stereocenters. The standard InChI is InChI=1S/C28H35O5P/c1-28(2,3)21-13-9-16-24(25(21)29)34(27-22(32-6)14-10-15-23(27)33-7)26-19(17-30-4)11-8-12-20(26)18-31-5/h8-16,29H,17-18H2,1-7H3. The molecule has 0 aromatic heterocycles. The van der Waals surface area contributed by atoms with E-state index in [2.05, 4.69) is 32.9 Å². The lowest BCUT2D eigenvalue weighted by Gasteiger charge is -2.30. The molecule has 0 spiro atoms. The van der Waals surface area contributed by atoms with Crippen LogP contribution in [0.3, 0.4) is 0 Å². The molecular formula is C28H35O5P. The minimum Gasteiger partial charge on any atom is -0.507 e. The molecule has 182 valence electrons. The Labute approximate surface area is 204 Å².